The molecule has 2 rings (SSSR count). The van der Waals surface area contributed by atoms with Crippen LogP contribution in [0.25, 0.3) is 0 Å². The van der Waals surface area contributed by atoms with Gasteiger partial charge in [-0.2, -0.15) is 0 Å². The second-order valence-electron chi connectivity index (χ2n) is 4.55. The van der Waals surface area contributed by atoms with Crippen molar-refractivity contribution in [1.82, 2.24) is 5.32 Å². The second kappa shape index (κ2) is 6.00. The third-order valence-corrected chi connectivity index (χ3v) is 3.42. The Bertz CT molecular complexity index is 548. The molecule has 1 heterocycles. The summed E-state index contributed by atoms with van der Waals surface area (Å²) in [7, 11) is 1.27. The van der Waals surface area contributed by atoms with Gasteiger partial charge < -0.3 is 21.1 Å². The average Bonchev–Trinajstić information content (AvgIpc) is 2.42. The number of hydrogen-bond acceptors (Lipinski definition) is 5. The van der Waals surface area contributed by atoms with Crippen molar-refractivity contribution in [2.75, 3.05) is 24.7 Å². The van der Waals surface area contributed by atoms with Crippen LogP contribution < -0.4 is 16.4 Å². The molecule has 0 spiro atoms. The van der Waals surface area contributed by atoms with Crippen molar-refractivity contribution in [2.45, 2.75) is 18.9 Å². The summed E-state index contributed by atoms with van der Waals surface area (Å²) >= 11 is 6.12. The number of piperidine rings is 1. The minimum absolute atomic E-state index is 0.111. The molecule has 1 unspecified atom stereocenters. The molecule has 1 aromatic carbocycles. The fourth-order valence-electron chi connectivity index (χ4n) is 2.13. The molecule has 20 heavy (non-hydrogen) atoms. The molecule has 1 saturated heterocycles. The Morgan fingerprint density at radius 2 is 2.30 bits per heavy atom. The molecule has 1 aromatic rings. The van der Waals surface area contributed by atoms with Crippen LogP contribution in [0.3, 0.4) is 0 Å². The number of nitrogens with two attached hydrogens (primary N) is 1. The van der Waals surface area contributed by atoms with Crippen LogP contribution in [-0.4, -0.2) is 31.6 Å². The van der Waals surface area contributed by atoms with Gasteiger partial charge >= 0.3 is 5.97 Å². The predicted molar refractivity (Wildman–Crippen MR) is 76.9 cm³/mol. The molecule has 7 heteroatoms. The van der Waals surface area contributed by atoms with Crippen molar-refractivity contribution in [3.05, 3.63) is 22.7 Å². The standard InChI is InChI=1S/C13H16ClN3O3/c1-20-13(19)8-5-7(15)6-9(14)11(8)17-10-3-2-4-16-12(10)18/h5-6,10,17H,2-4,15H2,1H3,(H,16,18). The van der Waals surface area contributed by atoms with Gasteiger partial charge in [-0.25, -0.2) is 4.79 Å². The van der Waals surface area contributed by atoms with Gasteiger partial charge in [-0.3, -0.25) is 4.79 Å². The molecule has 0 radical (unpaired) electrons. The van der Waals surface area contributed by atoms with E-state index in [9.17, 15) is 9.59 Å². The molecule has 1 atom stereocenters. The average molecular weight is 298 g/mol. The topological polar surface area (TPSA) is 93.4 Å². The lowest BCUT2D eigenvalue weighted by atomic mass is 10.0. The zero-order valence-corrected chi connectivity index (χ0v) is 11.8. The minimum atomic E-state index is -0.557. The lowest BCUT2D eigenvalue weighted by Gasteiger charge is -2.25. The molecule has 1 aliphatic rings. The molecular weight excluding hydrogens is 282 g/mol. The van der Waals surface area contributed by atoms with Gasteiger partial charge in [0, 0.05) is 12.2 Å². The Morgan fingerprint density at radius 1 is 1.55 bits per heavy atom. The van der Waals surface area contributed by atoms with Crippen LogP contribution in [-0.2, 0) is 9.53 Å². The third-order valence-electron chi connectivity index (χ3n) is 3.12. The molecule has 0 saturated carbocycles. The van der Waals surface area contributed by atoms with Gasteiger partial charge in [0.2, 0.25) is 5.91 Å². The van der Waals surface area contributed by atoms with E-state index in [1.807, 2.05) is 0 Å². The predicted octanol–water partition coefficient (Wildman–Crippen LogP) is 1.40. The van der Waals surface area contributed by atoms with E-state index in [4.69, 9.17) is 22.1 Å². The number of amides is 1. The van der Waals surface area contributed by atoms with Gasteiger partial charge in [-0.1, -0.05) is 11.6 Å². The van der Waals surface area contributed by atoms with Crippen molar-refractivity contribution in [3.8, 4) is 0 Å². The first-order chi connectivity index (χ1) is 9.52. The molecule has 1 fully saturated rings. The van der Waals surface area contributed by atoms with E-state index in [1.54, 1.807) is 0 Å². The van der Waals surface area contributed by atoms with Crippen molar-refractivity contribution >= 4 is 34.9 Å². The van der Waals surface area contributed by atoms with Gasteiger partial charge in [0.15, 0.2) is 0 Å². The van der Waals surface area contributed by atoms with Crippen LogP contribution in [0.5, 0.6) is 0 Å². The van der Waals surface area contributed by atoms with Crippen molar-refractivity contribution in [3.63, 3.8) is 0 Å². The quantitative estimate of drug-likeness (QED) is 0.579. The highest BCUT2D eigenvalue weighted by Crippen LogP contribution is 2.31. The summed E-state index contributed by atoms with van der Waals surface area (Å²) in [5.41, 5.74) is 6.63. The summed E-state index contributed by atoms with van der Waals surface area (Å²) < 4.78 is 4.71. The zero-order valence-electron chi connectivity index (χ0n) is 11.0. The number of nitrogens with one attached hydrogen (secondary N) is 2. The number of nitrogen functional groups attached to an aromatic ring is 1. The van der Waals surface area contributed by atoms with Gasteiger partial charge in [0.05, 0.1) is 23.4 Å². The molecule has 0 aliphatic carbocycles. The second-order valence-corrected chi connectivity index (χ2v) is 4.95. The fourth-order valence-corrected chi connectivity index (χ4v) is 2.41. The monoisotopic (exact) mass is 297 g/mol. The number of methoxy groups -OCH3 is 1. The van der Waals surface area contributed by atoms with E-state index in [0.29, 0.717) is 24.3 Å². The number of carbonyl (C=O) groups excluding carboxylic acids is 2. The molecule has 1 aliphatic heterocycles. The maximum Gasteiger partial charge on any atom is 0.340 e. The number of carbonyl (C=O) groups is 2. The summed E-state index contributed by atoms with van der Waals surface area (Å²) in [5, 5.41) is 6.05. The van der Waals surface area contributed by atoms with E-state index in [-0.39, 0.29) is 16.5 Å². The van der Waals surface area contributed by atoms with E-state index in [1.165, 1.54) is 19.2 Å². The summed E-state index contributed by atoms with van der Waals surface area (Å²) in [5.74, 6) is -0.669. The Kier molecular flexibility index (Phi) is 4.34. The number of ether oxygens (including phenoxy) is 1. The number of esters is 1. The summed E-state index contributed by atoms with van der Waals surface area (Å²) in [4.78, 5) is 23.6. The number of benzene rings is 1. The van der Waals surface area contributed by atoms with Gasteiger partial charge in [-0.15, -0.1) is 0 Å². The summed E-state index contributed by atoms with van der Waals surface area (Å²) in [6, 6.07) is 2.57. The zero-order chi connectivity index (χ0) is 14.7. The van der Waals surface area contributed by atoms with Crippen LogP contribution in [0.2, 0.25) is 5.02 Å². The molecule has 0 bridgehead atoms. The normalized spacial score (nSPS) is 18.3. The highest BCUT2D eigenvalue weighted by Gasteiger charge is 2.25. The SMILES string of the molecule is COC(=O)c1cc(N)cc(Cl)c1NC1CCCNC1=O. The minimum Gasteiger partial charge on any atom is -0.465 e. The number of hydrogen-bond donors (Lipinski definition) is 3. The molecule has 6 nitrogen and oxygen atoms in total. The lowest BCUT2D eigenvalue weighted by Crippen LogP contribution is -2.44. The number of rotatable bonds is 3. The maximum atomic E-state index is 11.8. The molecule has 108 valence electrons. The third kappa shape index (κ3) is 2.96. The fraction of sp³-hybridized carbons (Fsp3) is 0.385. The smallest absolute Gasteiger partial charge is 0.340 e. The Balaban J connectivity index is 2.34. The van der Waals surface area contributed by atoms with Crippen molar-refractivity contribution in [2.24, 2.45) is 0 Å². The van der Waals surface area contributed by atoms with Crippen LogP contribution in [0, 0.1) is 0 Å². The first-order valence-electron chi connectivity index (χ1n) is 6.24. The van der Waals surface area contributed by atoms with E-state index >= 15 is 0 Å². The van der Waals surface area contributed by atoms with Crippen LogP contribution >= 0.6 is 11.6 Å². The Labute approximate surface area is 121 Å². The Morgan fingerprint density at radius 3 is 2.95 bits per heavy atom. The maximum absolute atomic E-state index is 11.8. The first kappa shape index (κ1) is 14.5. The van der Waals surface area contributed by atoms with E-state index < -0.39 is 12.0 Å². The van der Waals surface area contributed by atoms with Crippen LogP contribution in [0.15, 0.2) is 12.1 Å². The van der Waals surface area contributed by atoms with Crippen LogP contribution in [0.1, 0.15) is 23.2 Å². The highest BCUT2D eigenvalue weighted by molar-refractivity contribution is 6.34. The van der Waals surface area contributed by atoms with Gasteiger partial charge in [0.25, 0.3) is 0 Å². The molecular formula is C13H16ClN3O3. The number of anilines is 2. The van der Waals surface area contributed by atoms with Crippen LogP contribution in [0.4, 0.5) is 11.4 Å². The lowest BCUT2D eigenvalue weighted by molar-refractivity contribution is -0.123. The Hall–Kier alpha value is -1.95. The van der Waals surface area contributed by atoms with Gasteiger partial charge in [-0.05, 0) is 25.0 Å². The molecule has 0 aromatic heterocycles. The first-order valence-corrected chi connectivity index (χ1v) is 6.62. The number of halogens is 1. The molecule has 4 N–H and O–H groups in total. The van der Waals surface area contributed by atoms with Gasteiger partial charge in [0.1, 0.15) is 6.04 Å². The van der Waals surface area contributed by atoms with E-state index in [0.717, 1.165) is 6.42 Å². The van der Waals surface area contributed by atoms with E-state index in [2.05, 4.69) is 10.6 Å². The summed E-state index contributed by atoms with van der Waals surface area (Å²) in [6.07, 6.45) is 1.54. The highest BCUT2D eigenvalue weighted by atomic mass is 35.5. The van der Waals surface area contributed by atoms with Crippen molar-refractivity contribution < 1.29 is 14.3 Å². The van der Waals surface area contributed by atoms with Crippen molar-refractivity contribution in [1.29, 1.82) is 0 Å². The summed E-state index contributed by atoms with van der Waals surface area (Å²) in [6.45, 7) is 0.663. The largest absolute Gasteiger partial charge is 0.465 e. The molecule has 1 amide bonds.